The molecule has 2 unspecified atom stereocenters. The van der Waals surface area contributed by atoms with Crippen LogP contribution >= 0.6 is 8.19 Å². The van der Waals surface area contributed by atoms with Crippen molar-refractivity contribution in [2.45, 2.75) is 45.1 Å². The highest BCUT2D eigenvalue weighted by Crippen LogP contribution is 2.26. The van der Waals surface area contributed by atoms with E-state index in [2.05, 4.69) is 45.7 Å². The van der Waals surface area contributed by atoms with E-state index in [1.165, 1.54) is 0 Å². The third kappa shape index (κ3) is 9.79. The minimum atomic E-state index is -0.286. The minimum absolute atomic E-state index is 0.268. The summed E-state index contributed by atoms with van der Waals surface area (Å²) in [6.45, 7) is 6.75. The van der Waals surface area contributed by atoms with Crippen molar-refractivity contribution in [2.75, 3.05) is 34.3 Å². The van der Waals surface area contributed by atoms with Crippen LogP contribution in [0.4, 0.5) is 0 Å². The van der Waals surface area contributed by atoms with Crippen molar-refractivity contribution < 1.29 is 18.8 Å². The second-order valence-corrected chi connectivity index (χ2v) is 8.48. The molecule has 0 aliphatic rings. The van der Waals surface area contributed by atoms with Gasteiger partial charge in [-0.2, -0.15) is 0 Å². The lowest BCUT2D eigenvalue weighted by Crippen LogP contribution is -2.43. The maximum Gasteiger partial charge on any atom is 0.333 e. The lowest BCUT2D eigenvalue weighted by Gasteiger charge is -2.29. The normalized spacial score (nSPS) is 13.0. The molecule has 2 atom stereocenters. The van der Waals surface area contributed by atoms with Crippen LogP contribution in [0, 0.1) is 0 Å². The smallest absolute Gasteiger partial charge is 0.333 e. The second-order valence-electron chi connectivity index (χ2n) is 7.37. The molecule has 0 saturated heterocycles. The summed E-state index contributed by atoms with van der Waals surface area (Å²) in [4.78, 5) is 11.3. The first-order valence-electron chi connectivity index (χ1n) is 8.71. The number of nitrogens with zero attached hydrogens (tertiary/aromatic N) is 1. The van der Waals surface area contributed by atoms with Crippen molar-refractivity contribution in [1.82, 2.24) is 0 Å². The van der Waals surface area contributed by atoms with E-state index in [1.54, 1.807) is 6.92 Å². The van der Waals surface area contributed by atoms with Gasteiger partial charge < -0.3 is 14.0 Å². The van der Waals surface area contributed by atoms with Gasteiger partial charge in [0.25, 0.3) is 0 Å². The van der Waals surface area contributed by atoms with Crippen LogP contribution in [0.3, 0.4) is 0 Å². The summed E-state index contributed by atoms with van der Waals surface area (Å²) in [7, 11) is 7.29. The van der Waals surface area contributed by atoms with E-state index in [0.29, 0.717) is 20.4 Å². The fourth-order valence-corrected chi connectivity index (χ4v) is 3.26. The topological polar surface area (TPSA) is 35.5 Å². The summed E-state index contributed by atoms with van der Waals surface area (Å²) in [5, 5.41) is 0. The summed E-state index contributed by atoms with van der Waals surface area (Å²) in [6, 6.07) is 4.15. The van der Waals surface area contributed by atoms with Gasteiger partial charge in [-0.05, 0) is 38.1 Å². The molecular formula is C19H33NO3P+. The molecule has 4 nitrogen and oxygen atoms in total. The summed E-state index contributed by atoms with van der Waals surface area (Å²) < 4.78 is 12.2. The summed E-state index contributed by atoms with van der Waals surface area (Å²) in [5.74, 6) is 1.87. The molecule has 0 N–H and O–H groups in total. The van der Waals surface area contributed by atoms with Gasteiger partial charge in [-0.15, -0.1) is 0 Å². The van der Waals surface area contributed by atoms with Gasteiger partial charge in [0.05, 0.1) is 27.7 Å². The largest absolute Gasteiger partial charge is 0.481 e. The zero-order valence-corrected chi connectivity index (χ0v) is 16.6. The first-order chi connectivity index (χ1) is 11.3. The standard InChI is InChI=1S/C19H33NO3P/c1-16(2)19(21)22-13-9-7-6-8-11-17(15-20(3,4)5)23-18-12-10-14-24-18/h10,12,14,17,24H,1,6-9,11,13,15H2,2-5H3/q+1. The van der Waals surface area contributed by atoms with Gasteiger partial charge in [-0.1, -0.05) is 33.7 Å². The number of unbranched alkanes of at least 4 members (excludes halogenated alkanes) is 3. The number of carbonyl (C=O) groups is 1. The van der Waals surface area contributed by atoms with Gasteiger partial charge in [0.1, 0.15) is 18.1 Å². The van der Waals surface area contributed by atoms with E-state index in [4.69, 9.17) is 9.47 Å². The summed E-state index contributed by atoms with van der Waals surface area (Å²) in [5.41, 5.74) is 1.58. The van der Waals surface area contributed by atoms with Crippen LogP contribution in [0.5, 0.6) is 5.48 Å². The van der Waals surface area contributed by atoms with Crippen molar-refractivity contribution in [3.63, 3.8) is 0 Å². The molecule has 24 heavy (non-hydrogen) atoms. The number of ether oxygens (including phenoxy) is 2. The lowest BCUT2D eigenvalue weighted by molar-refractivity contribution is -0.873. The lowest BCUT2D eigenvalue weighted by atomic mass is 10.1. The van der Waals surface area contributed by atoms with Crippen LogP contribution in [0.2, 0.25) is 0 Å². The monoisotopic (exact) mass is 354 g/mol. The molecule has 1 aromatic rings. The van der Waals surface area contributed by atoms with Crippen LogP contribution in [0.25, 0.3) is 0 Å². The first-order valence-corrected chi connectivity index (χ1v) is 9.79. The van der Waals surface area contributed by atoms with E-state index in [-0.39, 0.29) is 12.1 Å². The average Bonchev–Trinajstić information content (AvgIpc) is 2.96. The van der Waals surface area contributed by atoms with Crippen molar-refractivity contribution in [2.24, 2.45) is 0 Å². The van der Waals surface area contributed by atoms with Gasteiger partial charge in [-0.25, -0.2) is 4.79 Å². The number of hydrogen-bond donors (Lipinski definition) is 0. The van der Waals surface area contributed by atoms with Gasteiger partial charge >= 0.3 is 5.97 Å². The molecule has 0 aliphatic heterocycles. The number of hydrogen-bond acceptors (Lipinski definition) is 3. The Morgan fingerprint density at radius 1 is 1.25 bits per heavy atom. The van der Waals surface area contributed by atoms with Crippen molar-refractivity contribution in [3.8, 4) is 5.48 Å². The Morgan fingerprint density at radius 3 is 2.54 bits per heavy atom. The molecule has 0 aliphatic carbocycles. The molecule has 0 bridgehead atoms. The minimum Gasteiger partial charge on any atom is -0.481 e. The predicted octanol–water partition coefficient (Wildman–Crippen LogP) is 4.24. The van der Waals surface area contributed by atoms with E-state index >= 15 is 0 Å². The molecule has 1 rings (SSSR count). The fraction of sp³-hybridized carbons (Fsp3) is 0.632. The number of esters is 1. The van der Waals surface area contributed by atoms with Crippen LogP contribution in [0.15, 0.2) is 30.1 Å². The Kier molecular flexibility index (Phi) is 9.17. The van der Waals surface area contributed by atoms with Gasteiger partial charge in [0.2, 0.25) is 0 Å². The highest BCUT2D eigenvalue weighted by atomic mass is 31.0. The average molecular weight is 354 g/mol. The van der Waals surface area contributed by atoms with Crippen LogP contribution in [0.1, 0.15) is 39.0 Å². The van der Waals surface area contributed by atoms with Gasteiger partial charge in [0, 0.05) is 5.57 Å². The van der Waals surface area contributed by atoms with Crippen molar-refractivity contribution in [3.05, 3.63) is 30.1 Å². The second kappa shape index (κ2) is 10.6. The maximum atomic E-state index is 11.3. The number of rotatable bonds is 12. The van der Waals surface area contributed by atoms with E-state index in [1.807, 2.05) is 0 Å². The Labute approximate surface area is 148 Å². The van der Waals surface area contributed by atoms with Crippen LogP contribution in [-0.2, 0) is 9.53 Å². The van der Waals surface area contributed by atoms with Crippen molar-refractivity contribution >= 4 is 14.2 Å². The van der Waals surface area contributed by atoms with E-state index in [0.717, 1.165) is 48.6 Å². The quantitative estimate of drug-likeness (QED) is 0.244. The third-order valence-corrected chi connectivity index (χ3v) is 4.54. The molecule has 0 aromatic carbocycles. The van der Waals surface area contributed by atoms with E-state index < -0.39 is 0 Å². The molecule has 0 spiro atoms. The molecular weight excluding hydrogens is 321 g/mol. The Morgan fingerprint density at radius 2 is 1.96 bits per heavy atom. The number of carbonyl (C=O) groups excluding carboxylic acids is 1. The Bertz CT molecular complexity index is 491. The fourth-order valence-electron chi connectivity index (χ4n) is 2.48. The van der Waals surface area contributed by atoms with Gasteiger partial charge in [0.15, 0.2) is 0 Å². The maximum absolute atomic E-state index is 11.3. The van der Waals surface area contributed by atoms with E-state index in [9.17, 15) is 4.79 Å². The molecule has 0 saturated carbocycles. The first kappa shape index (κ1) is 20.8. The zero-order chi connectivity index (χ0) is 18.0. The molecule has 1 heterocycles. The SMILES string of the molecule is C=C(C)C(=O)OCCCCCCC(C[N+](C)(C)C)Oc1ccc[pH]1. The molecule has 0 fully saturated rings. The van der Waals surface area contributed by atoms with Crippen LogP contribution in [-0.4, -0.2) is 50.9 Å². The third-order valence-electron chi connectivity index (χ3n) is 3.62. The summed E-state index contributed by atoms with van der Waals surface area (Å²) >= 11 is 0. The Hall–Kier alpha value is -1.25. The molecule has 0 radical (unpaired) electrons. The Balaban J connectivity index is 2.22. The van der Waals surface area contributed by atoms with Crippen LogP contribution < -0.4 is 4.74 Å². The molecule has 5 heteroatoms. The number of likely N-dealkylation sites (N-methyl/N-ethyl adjacent to an activating group) is 1. The highest BCUT2D eigenvalue weighted by molar-refractivity contribution is 7.31. The predicted molar refractivity (Wildman–Crippen MR) is 102 cm³/mol. The molecule has 136 valence electrons. The number of quaternary nitrogens is 1. The van der Waals surface area contributed by atoms with Gasteiger partial charge in [-0.3, -0.25) is 0 Å². The van der Waals surface area contributed by atoms with Crippen molar-refractivity contribution in [1.29, 1.82) is 0 Å². The zero-order valence-electron chi connectivity index (χ0n) is 15.6. The molecule has 0 amide bonds. The highest BCUT2D eigenvalue weighted by Gasteiger charge is 2.19. The summed E-state index contributed by atoms with van der Waals surface area (Å²) in [6.07, 6.45) is 5.61. The molecule has 1 aromatic heterocycles.